The Labute approximate surface area is 105 Å². The predicted octanol–water partition coefficient (Wildman–Crippen LogP) is 0.535. The van der Waals surface area contributed by atoms with Gasteiger partial charge in [0, 0.05) is 25.6 Å². The minimum Gasteiger partial charge on any atom is -0.397 e. The van der Waals surface area contributed by atoms with Crippen LogP contribution in [0.2, 0.25) is 5.02 Å². The molecule has 0 unspecified atom stereocenters. The SMILES string of the molecule is Nc1cc(S(=O)(=O)N2CC(CO)C2)ccc1Cl. The second-order valence-corrected chi connectivity index (χ2v) is 6.40. The zero-order valence-corrected chi connectivity index (χ0v) is 10.6. The van der Waals surface area contributed by atoms with E-state index in [-0.39, 0.29) is 23.1 Å². The average molecular weight is 277 g/mol. The van der Waals surface area contributed by atoms with Gasteiger partial charge in [0.2, 0.25) is 10.0 Å². The summed E-state index contributed by atoms with van der Waals surface area (Å²) in [5.41, 5.74) is 5.82. The molecule has 0 spiro atoms. The molecule has 0 bridgehead atoms. The van der Waals surface area contributed by atoms with Crippen LogP contribution in [-0.4, -0.2) is 37.5 Å². The fourth-order valence-corrected chi connectivity index (χ4v) is 3.41. The zero-order chi connectivity index (χ0) is 12.6. The molecule has 5 nitrogen and oxygen atoms in total. The Morgan fingerprint density at radius 1 is 1.47 bits per heavy atom. The van der Waals surface area contributed by atoms with Crippen molar-refractivity contribution in [2.45, 2.75) is 4.90 Å². The van der Waals surface area contributed by atoms with Crippen LogP contribution in [0.5, 0.6) is 0 Å². The van der Waals surface area contributed by atoms with E-state index in [2.05, 4.69) is 0 Å². The monoisotopic (exact) mass is 276 g/mol. The first-order valence-corrected chi connectivity index (χ1v) is 6.93. The van der Waals surface area contributed by atoms with Gasteiger partial charge >= 0.3 is 0 Å². The summed E-state index contributed by atoms with van der Waals surface area (Å²) in [7, 11) is -3.50. The van der Waals surface area contributed by atoms with Crippen LogP contribution < -0.4 is 5.73 Å². The van der Waals surface area contributed by atoms with Gasteiger partial charge in [0.05, 0.1) is 15.6 Å². The first kappa shape index (κ1) is 12.6. The smallest absolute Gasteiger partial charge is 0.243 e. The number of anilines is 1. The van der Waals surface area contributed by atoms with E-state index < -0.39 is 10.0 Å². The van der Waals surface area contributed by atoms with Crippen LogP contribution in [0, 0.1) is 5.92 Å². The molecule has 0 aliphatic carbocycles. The number of nitrogens with two attached hydrogens (primary N) is 1. The fraction of sp³-hybridized carbons (Fsp3) is 0.400. The summed E-state index contributed by atoms with van der Waals surface area (Å²) in [6.07, 6.45) is 0. The molecule has 1 aliphatic rings. The molecule has 94 valence electrons. The van der Waals surface area contributed by atoms with Gasteiger partial charge in [-0.2, -0.15) is 4.31 Å². The van der Waals surface area contributed by atoms with Crippen LogP contribution in [0.15, 0.2) is 23.1 Å². The van der Waals surface area contributed by atoms with E-state index in [0.29, 0.717) is 18.1 Å². The van der Waals surface area contributed by atoms with Gasteiger partial charge in [0.25, 0.3) is 0 Å². The molecule has 1 saturated heterocycles. The lowest BCUT2D eigenvalue weighted by Gasteiger charge is -2.36. The van der Waals surface area contributed by atoms with Gasteiger partial charge in [0.1, 0.15) is 0 Å². The van der Waals surface area contributed by atoms with Crippen LogP contribution in [0.4, 0.5) is 5.69 Å². The molecule has 1 aromatic carbocycles. The molecular formula is C10H13ClN2O3S. The number of nitrogens with zero attached hydrogens (tertiary/aromatic N) is 1. The van der Waals surface area contributed by atoms with Crippen molar-refractivity contribution in [1.29, 1.82) is 0 Å². The Hall–Kier alpha value is -0.820. The summed E-state index contributed by atoms with van der Waals surface area (Å²) in [4.78, 5) is 0.135. The third-order valence-corrected chi connectivity index (χ3v) is 4.96. The number of nitrogen functional groups attached to an aromatic ring is 1. The molecule has 17 heavy (non-hydrogen) atoms. The lowest BCUT2D eigenvalue weighted by molar-refractivity contribution is 0.117. The number of benzene rings is 1. The number of rotatable bonds is 3. The second kappa shape index (κ2) is 4.45. The Balaban J connectivity index is 2.24. The summed E-state index contributed by atoms with van der Waals surface area (Å²) in [6.45, 7) is 0.706. The van der Waals surface area contributed by atoms with Crippen molar-refractivity contribution in [3.8, 4) is 0 Å². The second-order valence-electron chi connectivity index (χ2n) is 4.05. The van der Waals surface area contributed by atoms with Gasteiger partial charge in [-0.25, -0.2) is 8.42 Å². The number of hydrogen-bond donors (Lipinski definition) is 2. The molecule has 2 rings (SSSR count). The van der Waals surface area contributed by atoms with Crippen molar-refractivity contribution in [3.05, 3.63) is 23.2 Å². The average Bonchev–Trinajstić information content (AvgIpc) is 2.20. The van der Waals surface area contributed by atoms with Crippen LogP contribution in [0.25, 0.3) is 0 Å². The van der Waals surface area contributed by atoms with Crippen LogP contribution in [-0.2, 0) is 10.0 Å². The Bertz CT molecular complexity index is 526. The number of halogens is 1. The lowest BCUT2D eigenvalue weighted by atomic mass is 10.1. The van der Waals surface area contributed by atoms with E-state index in [1.807, 2.05) is 0 Å². The summed E-state index contributed by atoms with van der Waals surface area (Å²) in [5.74, 6) is 0.0365. The van der Waals surface area contributed by atoms with Crippen LogP contribution in [0.1, 0.15) is 0 Å². The predicted molar refractivity (Wildman–Crippen MR) is 65.2 cm³/mol. The minimum atomic E-state index is -3.50. The Morgan fingerprint density at radius 2 is 2.12 bits per heavy atom. The molecule has 0 amide bonds. The number of sulfonamides is 1. The molecule has 3 N–H and O–H groups in total. The van der Waals surface area contributed by atoms with Crippen molar-refractivity contribution in [2.24, 2.45) is 5.92 Å². The molecule has 1 aliphatic heterocycles. The molecule has 1 fully saturated rings. The van der Waals surface area contributed by atoms with Crippen LogP contribution >= 0.6 is 11.6 Å². The Morgan fingerprint density at radius 3 is 2.65 bits per heavy atom. The van der Waals surface area contributed by atoms with E-state index in [1.54, 1.807) is 0 Å². The van der Waals surface area contributed by atoms with Crippen LogP contribution in [0.3, 0.4) is 0 Å². The zero-order valence-electron chi connectivity index (χ0n) is 9.01. The molecule has 1 aromatic rings. The van der Waals surface area contributed by atoms with E-state index in [1.165, 1.54) is 22.5 Å². The maximum absolute atomic E-state index is 12.1. The highest BCUT2D eigenvalue weighted by molar-refractivity contribution is 7.89. The molecule has 0 radical (unpaired) electrons. The molecule has 0 atom stereocenters. The topological polar surface area (TPSA) is 83.6 Å². The molecular weight excluding hydrogens is 264 g/mol. The van der Waals surface area contributed by atoms with E-state index in [4.69, 9.17) is 22.4 Å². The normalized spacial score (nSPS) is 18.0. The van der Waals surface area contributed by atoms with Gasteiger partial charge in [-0.15, -0.1) is 0 Å². The highest BCUT2D eigenvalue weighted by Gasteiger charge is 2.36. The van der Waals surface area contributed by atoms with Crippen molar-refractivity contribution in [3.63, 3.8) is 0 Å². The van der Waals surface area contributed by atoms with Crippen molar-refractivity contribution < 1.29 is 13.5 Å². The van der Waals surface area contributed by atoms with Crippen molar-refractivity contribution >= 4 is 27.3 Å². The first-order valence-electron chi connectivity index (χ1n) is 5.11. The van der Waals surface area contributed by atoms with Gasteiger partial charge in [-0.1, -0.05) is 11.6 Å². The molecule has 1 heterocycles. The van der Waals surface area contributed by atoms with Gasteiger partial charge in [-0.05, 0) is 18.2 Å². The van der Waals surface area contributed by atoms with Gasteiger partial charge in [-0.3, -0.25) is 0 Å². The number of aliphatic hydroxyl groups excluding tert-OH is 1. The summed E-state index contributed by atoms with van der Waals surface area (Å²) in [6, 6.07) is 4.25. The van der Waals surface area contributed by atoms with Gasteiger partial charge in [0.15, 0.2) is 0 Å². The highest BCUT2D eigenvalue weighted by atomic mass is 35.5. The molecule has 0 aromatic heterocycles. The largest absolute Gasteiger partial charge is 0.397 e. The van der Waals surface area contributed by atoms with Crippen molar-refractivity contribution in [2.75, 3.05) is 25.4 Å². The summed E-state index contributed by atoms with van der Waals surface area (Å²) in [5, 5.41) is 9.20. The van der Waals surface area contributed by atoms with E-state index in [0.717, 1.165) is 0 Å². The maximum Gasteiger partial charge on any atom is 0.243 e. The third-order valence-electron chi connectivity index (χ3n) is 2.79. The third kappa shape index (κ3) is 2.26. The Kier molecular flexibility index (Phi) is 3.31. The first-order chi connectivity index (χ1) is 7.95. The van der Waals surface area contributed by atoms with E-state index in [9.17, 15) is 8.42 Å². The van der Waals surface area contributed by atoms with Gasteiger partial charge < -0.3 is 10.8 Å². The lowest BCUT2D eigenvalue weighted by Crippen LogP contribution is -2.51. The minimum absolute atomic E-state index is 0.00871. The van der Waals surface area contributed by atoms with Crippen molar-refractivity contribution in [1.82, 2.24) is 4.31 Å². The number of hydrogen-bond acceptors (Lipinski definition) is 4. The summed E-state index contributed by atoms with van der Waals surface area (Å²) >= 11 is 5.74. The standard InChI is InChI=1S/C10H13ClN2O3S/c11-9-2-1-8(3-10(9)12)17(15,16)13-4-7(5-13)6-14/h1-3,7,14H,4-6,12H2. The fourth-order valence-electron chi connectivity index (χ4n) is 1.67. The highest BCUT2D eigenvalue weighted by Crippen LogP contribution is 2.28. The maximum atomic E-state index is 12.1. The quantitative estimate of drug-likeness (QED) is 0.789. The number of aliphatic hydroxyl groups is 1. The summed E-state index contributed by atoms with van der Waals surface area (Å²) < 4.78 is 25.5. The van der Waals surface area contributed by atoms with E-state index >= 15 is 0 Å². The molecule has 0 saturated carbocycles. The molecule has 7 heteroatoms.